The van der Waals surface area contributed by atoms with Gasteiger partial charge in [-0.15, -0.1) is 0 Å². The number of ether oxygens (including phenoxy) is 1. The maximum Gasteiger partial charge on any atom is 0.389 e. The summed E-state index contributed by atoms with van der Waals surface area (Å²) in [6, 6.07) is 5.47. The monoisotopic (exact) mass is 287 g/mol. The smallest absolute Gasteiger partial charge is 0.389 e. The third-order valence-electron chi connectivity index (χ3n) is 3.47. The summed E-state index contributed by atoms with van der Waals surface area (Å²) >= 11 is 0. The van der Waals surface area contributed by atoms with E-state index >= 15 is 0 Å². The van der Waals surface area contributed by atoms with Crippen molar-refractivity contribution in [1.82, 2.24) is 5.32 Å². The number of halogens is 3. The van der Waals surface area contributed by atoms with E-state index in [4.69, 9.17) is 4.74 Å². The van der Waals surface area contributed by atoms with Crippen LogP contribution in [0.3, 0.4) is 0 Å². The Morgan fingerprint density at radius 1 is 1.35 bits per heavy atom. The third-order valence-corrected chi connectivity index (χ3v) is 3.47. The van der Waals surface area contributed by atoms with Crippen LogP contribution in [-0.2, 0) is 6.42 Å². The molecule has 1 aliphatic rings. The highest BCUT2D eigenvalue weighted by atomic mass is 19.4. The molecule has 112 valence electrons. The maximum atomic E-state index is 12.4. The molecule has 0 bridgehead atoms. The fourth-order valence-corrected chi connectivity index (χ4v) is 2.44. The number of hydrogen-bond acceptors (Lipinski definition) is 2. The highest BCUT2D eigenvalue weighted by Crippen LogP contribution is 2.32. The second-order valence-electron chi connectivity index (χ2n) is 5.13. The topological polar surface area (TPSA) is 21.3 Å². The van der Waals surface area contributed by atoms with Crippen molar-refractivity contribution in [2.45, 2.75) is 44.8 Å². The summed E-state index contributed by atoms with van der Waals surface area (Å²) in [7, 11) is 0. The zero-order valence-electron chi connectivity index (χ0n) is 11.6. The second kappa shape index (κ2) is 6.48. The quantitative estimate of drug-likeness (QED) is 0.853. The van der Waals surface area contributed by atoms with Gasteiger partial charge in [0.25, 0.3) is 0 Å². The van der Waals surface area contributed by atoms with Crippen molar-refractivity contribution in [2.24, 2.45) is 0 Å². The molecule has 0 aromatic heterocycles. The summed E-state index contributed by atoms with van der Waals surface area (Å²) in [5.41, 5.74) is 2.02. The van der Waals surface area contributed by atoms with Gasteiger partial charge in [-0.3, -0.25) is 0 Å². The first-order valence-corrected chi connectivity index (χ1v) is 7.05. The van der Waals surface area contributed by atoms with E-state index in [0.29, 0.717) is 6.61 Å². The standard InChI is InChI=1S/C15H20F3NO/c1-2-8-19-13(5-7-15(16,17)18)11-3-4-14-12(10-11)6-9-20-14/h3-4,10,13,19H,2,5-9H2,1H3. The largest absolute Gasteiger partial charge is 0.493 e. The molecule has 0 aliphatic carbocycles. The van der Waals surface area contributed by atoms with Gasteiger partial charge in [-0.1, -0.05) is 19.1 Å². The molecule has 2 rings (SSSR count). The summed E-state index contributed by atoms with van der Waals surface area (Å²) < 4.78 is 42.7. The van der Waals surface area contributed by atoms with Crippen LogP contribution in [-0.4, -0.2) is 19.3 Å². The van der Waals surface area contributed by atoms with E-state index in [1.165, 1.54) is 0 Å². The maximum absolute atomic E-state index is 12.4. The molecule has 0 spiro atoms. The highest BCUT2D eigenvalue weighted by molar-refractivity contribution is 5.40. The van der Waals surface area contributed by atoms with Crippen LogP contribution >= 0.6 is 0 Å². The van der Waals surface area contributed by atoms with Crippen LogP contribution in [0, 0.1) is 0 Å². The predicted octanol–water partition coefficient (Wildman–Crippen LogP) is 4.00. The average molecular weight is 287 g/mol. The van der Waals surface area contributed by atoms with Crippen LogP contribution in [0.15, 0.2) is 18.2 Å². The normalized spacial score (nSPS) is 15.8. The lowest BCUT2D eigenvalue weighted by Crippen LogP contribution is -2.24. The van der Waals surface area contributed by atoms with Crippen LogP contribution in [0.1, 0.15) is 43.4 Å². The van der Waals surface area contributed by atoms with Gasteiger partial charge in [-0.25, -0.2) is 0 Å². The first kappa shape index (κ1) is 15.2. The Bertz CT molecular complexity index is 445. The van der Waals surface area contributed by atoms with Gasteiger partial charge < -0.3 is 10.1 Å². The molecule has 0 radical (unpaired) electrons. The third kappa shape index (κ3) is 4.13. The van der Waals surface area contributed by atoms with E-state index in [1.807, 2.05) is 25.1 Å². The van der Waals surface area contributed by atoms with Crippen molar-refractivity contribution < 1.29 is 17.9 Å². The van der Waals surface area contributed by atoms with E-state index in [0.717, 1.165) is 36.3 Å². The Kier molecular flexibility index (Phi) is 4.91. The van der Waals surface area contributed by atoms with Gasteiger partial charge in [-0.2, -0.15) is 13.2 Å². The average Bonchev–Trinajstić information content (AvgIpc) is 2.85. The van der Waals surface area contributed by atoms with Crippen molar-refractivity contribution in [3.63, 3.8) is 0 Å². The lowest BCUT2D eigenvalue weighted by Gasteiger charge is -2.20. The van der Waals surface area contributed by atoms with Crippen molar-refractivity contribution in [3.8, 4) is 5.75 Å². The summed E-state index contributed by atoms with van der Waals surface area (Å²) in [5.74, 6) is 0.860. The van der Waals surface area contributed by atoms with Crippen molar-refractivity contribution in [1.29, 1.82) is 0 Å². The van der Waals surface area contributed by atoms with Crippen LogP contribution in [0.25, 0.3) is 0 Å². The fraction of sp³-hybridized carbons (Fsp3) is 0.600. The Morgan fingerprint density at radius 2 is 2.15 bits per heavy atom. The van der Waals surface area contributed by atoms with Gasteiger partial charge >= 0.3 is 6.18 Å². The Labute approximate surface area is 117 Å². The number of fused-ring (bicyclic) bond motifs is 1. The molecule has 0 saturated carbocycles. The molecule has 1 atom stereocenters. The summed E-state index contributed by atoms with van der Waals surface area (Å²) in [4.78, 5) is 0. The van der Waals surface area contributed by atoms with Crippen LogP contribution in [0.4, 0.5) is 13.2 Å². The first-order valence-electron chi connectivity index (χ1n) is 7.05. The molecule has 0 fully saturated rings. The predicted molar refractivity (Wildman–Crippen MR) is 72.0 cm³/mol. The second-order valence-corrected chi connectivity index (χ2v) is 5.13. The van der Waals surface area contributed by atoms with Crippen LogP contribution in [0.5, 0.6) is 5.75 Å². The summed E-state index contributed by atoms with van der Waals surface area (Å²) in [6.07, 6.45) is -3.06. The number of hydrogen-bond donors (Lipinski definition) is 1. The van der Waals surface area contributed by atoms with Gasteiger partial charge in [0.1, 0.15) is 5.75 Å². The van der Waals surface area contributed by atoms with E-state index < -0.39 is 12.6 Å². The molecule has 1 aromatic rings. The molecule has 0 saturated heterocycles. The molecule has 2 nitrogen and oxygen atoms in total. The minimum Gasteiger partial charge on any atom is -0.493 e. The molecule has 1 N–H and O–H groups in total. The van der Waals surface area contributed by atoms with Crippen LogP contribution in [0.2, 0.25) is 0 Å². The molecule has 20 heavy (non-hydrogen) atoms. The fourth-order valence-electron chi connectivity index (χ4n) is 2.44. The molecule has 5 heteroatoms. The van der Waals surface area contributed by atoms with Gasteiger partial charge in [0.05, 0.1) is 6.61 Å². The molecule has 1 aliphatic heterocycles. The lowest BCUT2D eigenvalue weighted by molar-refractivity contribution is -0.136. The molecular formula is C15H20F3NO. The van der Waals surface area contributed by atoms with Gasteiger partial charge in [-0.05, 0) is 36.6 Å². The minimum absolute atomic E-state index is 0.0726. The molecule has 1 aromatic carbocycles. The number of alkyl halides is 3. The number of nitrogens with one attached hydrogen (secondary N) is 1. The Balaban J connectivity index is 2.09. The SMILES string of the molecule is CCCNC(CCC(F)(F)F)c1ccc2c(c1)CCO2. The first-order chi connectivity index (χ1) is 9.49. The van der Waals surface area contributed by atoms with E-state index in [9.17, 15) is 13.2 Å². The molecular weight excluding hydrogens is 267 g/mol. The zero-order valence-corrected chi connectivity index (χ0v) is 11.6. The molecule has 1 heterocycles. The van der Waals surface area contributed by atoms with Crippen molar-refractivity contribution in [3.05, 3.63) is 29.3 Å². The van der Waals surface area contributed by atoms with E-state index in [2.05, 4.69) is 5.32 Å². The zero-order chi connectivity index (χ0) is 14.6. The van der Waals surface area contributed by atoms with Crippen molar-refractivity contribution >= 4 is 0 Å². The molecule has 0 amide bonds. The van der Waals surface area contributed by atoms with E-state index in [1.54, 1.807) is 0 Å². The Morgan fingerprint density at radius 3 is 2.85 bits per heavy atom. The van der Waals surface area contributed by atoms with Gasteiger partial charge in [0, 0.05) is 18.9 Å². The van der Waals surface area contributed by atoms with Gasteiger partial charge in [0.2, 0.25) is 0 Å². The van der Waals surface area contributed by atoms with Crippen LogP contribution < -0.4 is 10.1 Å². The van der Waals surface area contributed by atoms with Crippen molar-refractivity contribution in [2.75, 3.05) is 13.2 Å². The van der Waals surface area contributed by atoms with E-state index in [-0.39, 0.29) is 12.5 Å². The number of benzene rings is 1. The number of rotatable bonds is 6. The minimum atomic E-state index is -4.11. The lowest BCUT2D eigenvalue weighted by atomic mass is 9.98. The highest BCUT2D eigenvalue weighted by Gasteiger charge is 2.29. The van der Waals surface area contributed by atoms with Gasteiger partial charge in [0.15, 0.2) is 0 Å². The summed E-state index contributed by atoms with van der Waals surface area (Å²) in [6.45, 7) is 3.38. The summed E-state index contributed by atoms with van der Waals surface area (Å²) in [5, 5.41) is 3.21. The Hall–Kier alpha value is -1.23. The molecule has 1 unspecified atom stereocenters.